The molecule has 0 aliphatic rings. The summed E-state index contributed by atoms with van der Waals surface area (Å²) in [7, 11) is 0. The molecule has 0 atom stereocenters. The number of rotatable bonds is 1. The van der Waals surface area contributed by atoms with Crippen molar-refractivity contribution in [3.63, 3.8) is 0 Å². The second-order valence-corrected chi connectivity index (χ2v) is 1.85. The molecule has 0 aromatic heterocycles. The van der Waals surface area contributed by atoms with Crippen LogP contribution in [0, 0.1) is 0 Å². The molecule has 0 heterocycles. The molecule has 4 heteroatoms. The Morgan fingerprint density at radius 3 is 1.92 bits per heavy atom. The Morgan fingerprint density at radius 1 is 1.17 bits per heavy atom. The first kappa shape index (κ1) is 14.0. The van der Waals surface area contributed by atoms with E-state index in [1.165, 1.54) is 24.3 Å². The molecule has 0 bridgehead atoms. The molecule has 2 N–H and O–H groups in total. The zero-order chi connectivity index (χ0) is 7.56. The number of carboxylic acids is 1. The summed E-state index contributed by atoms with van der Waals surface area (Å²) in [5.74, 6) is -0.912. The predicted molar refractivity (Wildman–Crippen MR) is 48.9 cm³/mol. The number of phenolic OH excluding ortho intramolecular Hbond substituents is 1. The van der Waals surface area contributed by atoms with Gasteiger partial charge in [-0.05, 0) is 24.3 Å². The monoisotopic (exact) mass is 178 g/mol. The van der Waals surface area contributed by atoms with Crippen LogP contribution in [-0.2, 0) is 0 Å². The van der Waals surface area contributed by atoms with E-state index in [1.54, 1.807) is 0 Å². The first-order valence-electron chi connectivity index (χ1n) is 2.72. The molecule has 12 heavy (non-hydrogen) atoms. The van der Waals surface area contributed by atoms with Crippen molar-refractivity contribution in [2.45, 2.75) is 7.43 Å². The van der Waals surface area contributed by atoms with Crippen LogP contribution in [0.4, 0.5) is 0 Å². The van der Waals surface area contributed by atoms with E-state index in [0.29, 0.717) is 0 Å². The summed E-state index contributed by atoms with van der Waals surface area (Å²) in [6, 6.07) is 5.36. The Bertz CT molecular complexity index is 243. The van der Waals surface area contributed by atoms with Crippen molar-refractivity contribution < 1.29 is 15.0 Å². The molecule has 1 rings (SSSR count). The molecule has 0 fully saturated rings. The number of hydrogen-bond acceptors (Lipinski definition) is 2. The SMILES string of the molecule is C.O=C(O)c1ccc(O)cc1.[NaH]. The van der Waals surface area contributed by atoms with Crippen molar-refractivity contribution in [3.05, 3.63) is 29.8 Å². The summed E-state index contributed by atoms with van der Waals surface area (Å²) in [6.07, 6.45) is 0. The number of carboxylic acid groups (broad SMARTS) is 1. The molecule has 0 unspecified atom stereocenters. The van der Waals surface area contributed by atoms with E-state index in [1.807, 2.05) is 0 Å². The van der Waals surface area contributed by atoms with Crippen molar-refractivity contribution in [1.29, 1.82) is 0 Å². The first-order chi connectivity index (χ1) is 4.70. The summed E-state index contributed by atoms with van der Waals surface area (Å²) in [5.41, 5.74) is 0.179. The standard InChI is InChI=1S/C7H6O3.CH4.Na.H/c8-6-3-1-5(2-4-6)7(9)10;;;/h1-4,8H,(H,9,10);1H4;;. The van der Waals surface area contributed by atoms with Crippen molar-refractivity contribution in [1.82, 2.24) is 0 Å². The minimum atomic E-state index is -0.986. The fourth-order valence-corrected chi connectivity index (χ4v) is 0.604. The van der Waals surface area contributed by atoms with Crippen LogP contribution in [-0.4, -0.2) is 45.7 Å². The van der Waals surface area contributed by atoms with E-state index >= 15 is 0 Å². The molecule has 1 aromatic carbocycles. The molecular weight excluding hydrogens is 167 g/mol. The van der Waals surface area contributed by atoms with Gasteiger partial charge in [0.15, 0.2) is 0 Å². The Balaban J connectivity index is 0. The van der Waals surface area contributed by atoms with Crippen LogP contribution < -0.4 is 0 Å². The zero-order valence-electron chi connectivity index (χ0n) is 5.11. The van der Waals surface area contributed by atoms with Crippen molar-refractivity contribution in [3.8, 4) is 5.75 Å². The molecule has 0 saturated heterocycles. The molecule has 1 aromatic rings. The topological polar surface area (TPSA) is 57.5 Å². The van der Waals surface area contributed by atoms with Crippen molar-refractivity contribution >= 4 is 35.5 Å². The van der Waals surface area contributed by atoms with Gasteiger partial charge in [0, 0.05) is 0 Å². The molecule has 0 aliphatic heterocycles. The molecule has 0 amide bonds. The average Bonchev–Trinajstić information content (AvgIpc) is 1.88. The molecule has 62 valence electrons. The normalized spacial score (nSPS) is 7.67. The van der Waals surface area contributed by atoms with Gasteiger partial charge in [0.2, 0.25) is 0 Å². The fraction of sp³-hybridized carbons (Fsp3) is 0.125. The van der Waals surface area contributed by atoms with E-state index in [9.17, 15) is 4.79 Å². The number of benzene rings is 1. The molecular formula is C8H11NaO3. The van der Waals surface area contributed by atoms with Gasteiger partial charge >= 0.3 is 35.5 Å². The van der Waals surface area contributed by atoms with Gasteiger partial charge in [-0.1, -0.05) is 7.43 Å². The van der Waals surface area contributed by atoms with Crippen LogP contribution in [0.25, 0.3) is 0 Å². The molecule has 0 radical (unpaired) electrons. The molecule has 0 aliphatic carbocycles. The van der Waals surface area contributed by atoms with Crippen LogP contribution in [0.5, 0.6) is 5.75 Å². The third-order valence-corrected chi connectivity index (χ3v) is 1.11. The van der Waals surface area contributed by atoms with Gasteiger partial charge in [0.05, 0.1) is 5.56 Å². The Labute approximate surface area is 93.3 Å². The molecule has 3 nitrogen and oxygen atoms in total. The van der Waals surface area contributed by atoms with Gasteiger partial charge in [0.25, 0.3) is 0 Å². The maximum atomic E-state index is 10.2. The van der Waals surface area contributed by atoms with E-state index in [4.69, 9.17) is 10.2 Å². The maximum absolute atomic E-state index is 10.2. The summed E-state index contributed by atoms with van der Waals surface area (Å²) in [4.78, 5) is 10.2. The van der Waals surface area contributed by atoms with Crippen LogP contribution in [0.2, 0.25) is 0 Å². The quantitative estimate of drug-likeness (QED) is 0.632. The van der Waals surface area contributed by atoms with Crippen LogP contribution in [0.1, 0.15) is 17.8 Å². The van der Waals surface area contributed by atoms with Gasteiger partial charge in [0.1, 0.15) is 5.75 Å². The Hall–Kier alpha value is -0.510. The van der Waals surface area contributed by atoms with E-state index < -0.39 is 5.97 Å². The van der Waals surface area contributed by atoms with E-state index in [0.717, 1.165) is 0 Å². The summed E-state index contributed by atoms with van der Waals surface area (Å²) >= 11 is 0. The summed E-state index contributed by atoms with van der Waals surface area (Å²) in [6.45, 7) is 0. The minimum absolute atomic E-state index is 0. The summed E-state index contributed by atoms with van der Waals surface area (Å²) in [5, 5.41) is 17.1. The first-order valence-corrected chi connectivity index (χ1v) is 2.72. The average molecular weight is 178 g/mol. The van der Waals surface area contributed by atoms with E-state index in [2.05, 4.69) is 0 Å². The number of aromatic carboxylic acids is 1. The van der Waals surface area contributed by atoms with Crippen LogP contribution >= 0.6 is 0 Å². The second-order valence-electron chi connectivity index (χ2n) is 1.85. The number of hydrogen-bond donors (Lipinski definition) is 2. The van der Waals surface area contributed by atoms with Crippen LogP contribution in [0.3, 0.4) is 0 Å². The third-order valence-electron chi connectivity index (χ3n) is 1.11. The Kier molecular flexibility index (Phi) is 7.09. The van der Waals surface area contributed by atoms with Crippen LogP contribution in [0.15, 0.2) is 24.3 Å². The van der Waals surface area contributed by atoms with E-state index in [-0.39, 0.29) is 48.3 Å². The van der Waals surface area contributed by atoms with Gasteiger partial charge in [-0.3, -0.25) is 0 Å². The Morgan fingerprint density at radius 2 is 1.58 bits per heavy atom. The number of aromatic hydroxyl groups is 1. The summed E-state index contributed by atoms with van der Waals surface area (Å²) < 4.78 is 0. The fourth-order valence-electron chi connectivity index (χ4n) is 0.604. The third kappa shape index (κ3) is 3.76. The van der Waals surface area contributed by atoms with Gasteiger partial charge in [-0.2, -0.15) is 0 Å². The second kappa shape index (κ2) is 6.06. The van der Waals surface area contributed by atoms with Gasteiger partial charge < -0.3 is 10.2 Å². The van der Waals surface area contributed by atoms with Crippen molar-refractivity contribution in [2.24, 2.45) is 0 Å². The molecule has 0 saturated carbocycles. The number of carbonyl (C=O) groups is 1. The van der Waals surface area contributed by atoms with Gasteiger partial charge in [-0.15, -0.1) is 0 Å². The zero-order valence-corrected chi connectivity index (χ0v) is 5.11. The van der Waals surface area contributed by atoms with Gasteiger partial charge in [-0.25, -0.2) is 4.79 Å². The van der Waals surface area contributed by atoms with Crippen molar-refractivity contribution in [2.75, 3.05) is 0 Å². The molecule has 0 spiro atoms. The number of phenols is 1. The predicted octanol–water partition coefficient (Wildman–Crippen LogP) is 1.08.